The maximum absolute atomic E-state index is 10.3. The van der Waals surface area contributed by atoms with E-state index in [0.717, 1.165) is 19.1 Å². The fourth-order valence-corrected chi connectivity index (χ4v) is 1.32. The number of carbonyl (C=O) groups is 1. The molecule has 3 atom stereocenters. The van der Waals surface area contributed by atoms with Crippen LogP contribution in [-0.4, -0.2) is 17.5 Å². The molecule has 1 saturated carbocycles. The summed E-state index contributed by atoms with van der Waals surface area (Å²) in [6.07, 6.45) is 3.83. The summed E-state index contributed by atoms with van der Waals surface area (Å²) in [5, 5.41) is 9.20. The molecule has 2 nitrogen and oxygen atoms in total. The van der Waals surface area contributed by atoms with Crippen molar-refractivity contribution in [1.82, 2.24) is 0 Å². The quantitative estimate of drug-likeness (QED) is 0.464. The zero-order valence-corrected chi connectivity index (χ0v) is 5.86. The first kappa shape index (κ1) is 7.48. The van der Waals surface area contributed by atoms with E-state index in [1.807, 2.05) is 0 Å². The number of aldehydes is 1. The average molecular weight is 140 g/mol. The Kier molecular flexibility index (Phi) is 2.22. The molecule has 0 aromatic carbocycles. The third-order valence-corrected chi connectivity index (χ3v) is 2.24. The van der Waals surface area contributed by atoms with Crippen molar-refractivity contribution in [2.75, 3.05) is 0 Å². The molecule has 0 heterocycles. The van der Waals surface area contributed by atoms with Crippen LogP contribution in [-0.2, 0) is 4.79 Å². The van der Waals surface area contributed by atoms with Crippen molar-refractivity contribution in [1.29, 1.82) is 0 Å². The second-order valence-electron chi connectivity index (χ2n) is 2.77. The summed E-state index contributed by atoms with van der Waals surface area (Å²) in [5.41, 5.74) is 0. The van der Waals surface area contributed by atoms with Crippen molar-refractivity contribution >= 4 is 6.29 Å². The molecular formula is C8H12O2. The molecule has 1 aliphatic rings. The largest absolute Gasteiger partial charge is 0.389 e. The highest BCUT2D eigenvalue weighted by atomic mass is 16.3. The fraction of sp³-hybridized carbons (Fsp3) is 0.625. The van der Waals surface area contributed by atoms with E-state index >= 15 is 0 Å². The molecule has 0 amide bonds. The van der Waals surface area contributed by atoms with Crippen molar-refractivity contribution in [2.24, 2.45) is 11.8 Å². The van der Waals surface area contributed by atoms with Gasteiger partial charge in [0.05, 0.1) is 6.10 Å². The molecule has 0 aromatic heterocycles. The van der Waals surface area contributed by atoms with Crippen molar-refractivity contribution in [3.05, 3.63) is 12.7 Å². The number of hydrogen-bond donors (Lipinski definition) is 1. The van der Waals surface area contributed by atoms with E-state index in [9.17, 15) is 9.90 Å². The summed E-state index contributed by atoms with van der Waals surface area (Å²) in [6.45, 7) is 3.47. The zero-order chi connectivity index (χ0) is 7.56. The van der Waals surface area contributed by atoms with Gasteiger partial charge in [0.25, 0.3) is 0 Å². The minimum absolute atomic E-state index is 0.0769. The van der Waals surface area contributed by atoms with Gasteiger partial charge in [-0.3, -0.25) is 0 Å². The minimum Gasteiger partial charge on any atom is -0.389 e. The highest BCUT2D eigenvalue weighted by Crippen LogP contribution is 2.35. The molecule has 2 heteroatoms. The van der Waals surface area contributed by atoms with Gasteiger partial charge < -0.3 is 9.90 Å². The highest BCUT2D eigenvalue weighted by Gasteiger charge is 2.34. The molecule has 0 bridgehead atoms. The van der Waals surface area contributed by atoms with Crippen LogP contribution in [0, 0.1) is 11.8 Å². The van der Waals surface area contributed by atoms with E-state index < -0.39 is 6.10 Å². The van der Waals surface area contributed by atoms with E-state index in [1.54, 1.807) is 0 Å². The summed E-state index contributed by atoms with van der Waals surface area (Å²) < 4.78 is 0. The summed E-state index contributed by atoms with van der Waals surface area (Å²) in [7, 11) is 0. The van der Waals surface area contributed by atoms with Crippen molar-refractivity contribution in [3.8, 4) is 0 Å². The fourth-order valence-electron chi connectivity index (χ4n) is 1.32. The standard InChI is InChI=1S/C8H12O2/c1-2-8(10)7-4-3-6(7)5-9/h2,5-8,10H,1,3-4H2/t6-,7+,8?/m0/s1. The summed E-state index contributed by atoms with van der Waals surface area (Å²) in [6, 6.07) is 0. The van der Waals surface area contributed by atoms with Gasteiger partial charge in [-0.2, -0.15) is 0 Å². The second kappa shape index (κ2) is 2.97. The molecule has 1 rings (SSSR count). The van der Waals surface area contributed by atoms with Crippen LogP contribution in [0.25, 0.3) is 0 Å². The zero-order valence-electron chi connectivity index (χ0n) is 5.86. The third-order valence-electron chi connectivity index (χ3n) is 2.24. The van der Waals surface area contributed by atoms with Gasteiger partial charge in [-0.1, -0.05) is 6.08 Å². The van der Waals surface area contributed by atoms with Gasteiger partial charge in [0.2, 0.25) is 0 Å². The van der Waals surface area contributed by atoms with Crippen LogP contribution in [0.1, 0.15) is 12.8 Å². The van der Waals surface area contributed by atoms with E-state index in [4.69, 9.17) is 0 Å². The van der Waals surface area contributed by atoms with Crippen LogP contribution in [0.3, 0.4) is 0 Å². The lowest BCUT2D eigenvalue weighted by molar-refractivity contribution is -0.117. The number of hydrogen-bond acceptors (Lipinski definition) is 2. The molecule has 0 aliphatic heterocycles. The summed E-state index contributed by atoms with van der Waals surface area (Å²) >= 11 is 0. The van der Waals surface area contributed by atoms with Crippen molar-refractivity contribution in [2.45, 2.75) is 18.9 Å². The van der Waals surface area contributed by atoms with Crippen LogP contribution in [0.2, 0.25) is 0 Å². The lowest BCUT2D eigenvalue weighted by Crippen LogP contribution is -2.35. The van der Waals surface area contributed by atoms with Crippen LogP contribution in [0.5, 0.6) is 0 Å². The molecule has 1 aliphatic carbocycles. The predicted octanol–water partition coefficient (Wildman–Crippen LogP) is 0.758. The number of carbonyl (C=O) groups excluding carboxylic acids is 1. The normalized spacial score (nSPS) is 34.1. The Balaban J connectivity index is 2.41. The summed E-state index contributed by atoms with van der Waals surface area (Å²) in [5.74, 6) is 0.225. The molecule has 1 N–H and O–H groups in total. The second-order valence-corrected chi connectivity index (χ2v) is 2.77. The van der Waals surface area contributed by atoms with Crippen LogP contribution >= 0.6 is 0 Å². The maximum atomic E-state index is 10.3. The van der Waals surface area contributed by atoms with Crippen molar-refractivity contribution < 1.29 is 9.90 Å². The van der Waals surface area contributed by atoms with Crippen LogP contribution in [0.4, 0.5) is 0 Å². The molecule has 0 radical (unpaired) electrons. The molecular weight excluding hydrogens is 128 g/mol. The smallest absolute Gasteiger partial charge is 0.123 e. The maximum Gasteiger partial charge on any atom is 0.123 e. The Morgan fingerprint density at radius 2 is 2.30 bits per heavy atom. The Bertz CT molecular complexity index is 132. The first-order valence-corrected chi connectivity index (χ1v) is 3.55. The summed E-state index contributed by atoms with van der Waals surface area (Å²) in [4.78, 5) is 10.3. The topological polar surface area (TPSA) is 37.3 Å². The van der Waals surface area contributed by atoms with Gasteiger partial charge in [0.1, 0.15) is 6.29 Å². The third kappa shape index (κ3) is 1.12. The average Bonchev–Trinajstić information content (AvgIpc) is 1.86. The lowest BCUT2D eigenvalue weighted by atomic mass is 9.71. The Morgan fingerprint density at radius 1 is 1.60 bits per heavy atom. The van der Waals surface area contributed by atoms with Gasteiger partial charge >= 0.3 is 0 Å². The Morgan fingerprint density at radius 3 is 2.60 bits per heavy atom. The number of aliphatic hydroxyl groups excluding tert-OH is 1. The van der Waals surface area contributed by atoms with E-state index in [1.165, 1.54) is 6.08 Å². The van der Waals surface area contributed by atoms with E-state index in [-0.39, 0.29) is 11.8 Å². The number of rotatable bonds is 3. The molecule has 1 unspecified atom stereocenters. The molecule has 0 saturated heterocycles. The van der Waals surface area contributed by atoms with E-state index in [2.05, 4.69) is 6.58 Å². The number of aliphatic hydroxyl groups is 1. The predicted molar refractivity (Wildman–Crippen MR) is 38.5 cm³/mol. The minimum atomic E-state index is -0.482. The van der Waals surface area contributed by atoms with Gasteiger partial charge in [-0.15, -0.1) is 6.58 Å². The highest BCUT2D eigenvalue weighted by molar-refractivity contribution is 5.55. The lowest BCUT2D eigenvalue weighted by Gasteiger charge is -2.34. The SMILES string of the molecule is C=CC(O)[C@@H]1CC[C@H]1C=O. The molecule has 56 valence electrons. The van der Waals surface area contributed by atoms with Gasteiger partial charge in [0, 0.05) is 5.92 Å². The molecule has 0 aromatic rings. The first-order chi connectivity index (χ1) is 4.79. The van der Waals surface area contributed by atoms with Gasteiger partial charge in [-0.25, -0.2) is 0 Å². The van der Waals surface area contributed by atoms with E-state index in [0.29, 0.717) is 0 Å². The Hall–Kier alpha value is -0.630. The first-order valence-electron chi connectivity index (χ1n) is 3.55. The monoisotopic (exact) mass is 140 g/mol. The molecule has 1 fully saturated rings. The van der Waals surface area contributed by atoms with Gasteiger partial charge in [-0.05, 0) is 18.8 Å². The Labute approximate surface area is 60.6 Å². The van der Waals surface area contributed by atoms with Crippen LogP contribution in [0.15, 0.2) is 12.7 Å². The molecule has 10 heavy (non-hydrogen) atoms. The van der Waals surface area contributed by atoms with Crippen LogP contribution < -0.4 is 0 Å². The molecule has 0 spiro atoms. The van der Waals surface area contributed by atoms with Crippen molar-refractivity contribution in [3.63, 3.8) is 0 Å². The van der Waals surface area contributed by atoms with Gasteiger partial charge in [0.15, 0.2) is 0 Å².